The monoisotopic (exact) mass is 550 g/mol. The van der Waals surface area contributed by atoms with Gasteiger partial charge in [-0.15, -0.1) is 11.3 Å². The molecule has 1 aromatic heterocycles. The molecule has 2 heterocycles. The maximum Gasteiger partial charge on any atom is 0.348 e. The van der Waals surface area contributed by atoms with Crippen molar-refractivity contribution in [2.45, 2.75) is 40.2 Å². The molecule has 2 aromatic rings. The lowest BCUT2D eigenvalue weighted by Gasteiger charge is -2.36. The van der Waals surface area contributed by atoms with Crippen LogP contribution < -0.4 is 4.90 Å². The quantitative estimate of drug-likeness (QED) is 0.484. The van der Waals surface area contributed by atoms with Gasteiger partial charge < -0.3 is 14.7 Å². The minimum Gasteiger partial charge on any atom is -0.477 e. The third kappa shape index (κ3) is 6.60. The molecule has 1 fully saturated rings. The Balaban J connectivity index is 2.18. The number of benzene rings is 1. The van der Waals surface area contributed by atoms with E-state index >= 15 is 0 Å². The van der Waals surface area contributed by atoms with Crippen LogP contribution in [0.25, 0.3) is 0 Å². The highest BCUT2D eigenvalue weighted by Gasteiger charge is 2.37. The van der Waals surface area contributed by atoms with Crippen molar-refractivity contribution in [3.8, 4) is 11.8 Å². The molecule has 0 radical (unpaired) electrons. The van der Waals surface area contributed by atoms with E-state index in [9.17, 15) is 19.5 Å². The van der Waals surface area contributed by atoms with E-state index in [1.807, 2.05) is 20.8 Å². The molecule has 0 bridgehead atoms. The molecule has 3 rings (SSSR count). The first kappa shape index (κ1) is 28.0. The molecule has 2 amide bonds. The van der Waals surface area contributed by atoms with Gasteiger partial charge in [0.25, 0.3) is 5.91 Å². The topological polar surface area (TPSA) is 87.2 Å². The Hall–Kier alpha value is -2.57. The second-order valence-corrected chi connectivity index (χ2v) is 11.2. The predicted octanol–water partition coefficient (Wildman–Crippen LogP) is 5.43. The fourth-order valence-corrected chi connectivity index (χ4v) is 5.03. The molecule has 10 heteroatoms. The highest BCUT2D eigenvalue weighted by Crippen LogP contribution is 2.35. The maximum atomic E-state index is 13.9. The molecule has 1 aliphatic heterocycles. The first-order valence-corrected chi connectivity index (χ1v) is 13.1. The Labute approximate surface area is 224 Å². The fraction of sp³-hybridized carbons (Fsp3) is 0.423. The van der Waals surface area contributed by atoms with Gasteiger partial charge in [0.15, 0.2) is 0 Å². The molecule has 1 aromatic carbocycles. The van der Waals surface area contributed by atoms with Gasteiger partial charge in [-0.1, -0.05) is 42.0 Å². The third-order valence-corrected chi connectivity index (χ3v) is 6.99. The lowest BCUT2D eigenvalue weighted by molar-refractivity contribution is -0.136. The van der Waals surface area contributed by atoms with E-state index in [2.05, 4.69) is 11.8 Å². The van der Waals surface area contributed by atoms with Gasteiger partial charge in [0.05, 0.1) is 34.4 Å². The number of anilines is 1. The second-order valence-electron chi connectivity index (χ2n) is 9.29. The molecule has 0 saturated carbocycles. The number of carbonyl (C=O) groups excluding carboxylic acids is 2. The van der Waals surface area contributed by atoms with Gasteiger partial charge in [-0.25, -0.2) is 4.79 Å². The van der Waals surface area contributed by atoms with Crippen LogP contribution in [0.3, 0.4) is 0 Å². The number of carboxylic acids is 1. The largest absolute Gasteiger partial charge is 0.477 e. The molecule has 1 aliphatic rings. The third-order valence-electron chi connectivity index (χ3n) is 5.41. The summed E-state index contributed by atoms with van der Waals surface area (Å²) in [6.45, 7) is 9.17. The Morgan fingerprint density at radius 1 is 1.19 bits per heavy atom. The van der Waals surface area contributed by atoms with Gasteiger partial charge in [0, 0.05) is 23.5 Å². The predicted molar refractivity (Wildman–Crippen MR) is 142 cm³/mol. The molecule has 1 saturated heterocycles. The van der Waals surface area contributed by atoms with Gasteiger partial charge in [0.1, 0.15) is 10.9 Å². The molecule has 7 nitrogen and oxygen atoms in total. The van der Waals surface area contributed by atoms with Crippen molar-refractivity contribution in [1.29, 1.82) is 0 Å². The summed E-state index contributed by atoms with van der Waals surface area (Å²) in [7, 11) is 0. The van der Waals surface area contributed by atoms with E-state index in [0.29, 0.717) is 36.2 Å². The average molecular weight is 551 g/mol. The van der Waals surface area contributed by atoms with Crippen LogP contribution in [0.5, 0.6) is 0 Å². The summed E-state index contributed by atoms with van der Waals surface area (Å²) in [4.78, 5) is 43.1. The SMILES string of the molecule is CCC(C(=O)N1CCOCC1)N(C(=O)c1ccc(Cl)cc1Cl)c1cc(C#CC(C)(C)C)sc1C(=O)O. The number of carboxylic acid groups (broad SMARTS) is 1. The van der Waals surface area contributed by atoms with Crippen LogP contribution in [0.2, 0.25) is 10.0 Å². The Morgan fingerprint density at radius 2 is 1.86 bits per heavy atom. The normalized spacial score (nSPS) is 14.6. The lowest BCUT2D eigenvalue weighted by atomic mass is 9.98. The summed E-state index contributed by atoms with van der Waals surface area (Å²) in [6.07, 6.45) is 0.255. The van der Waals surface area contributed by atoms with Crippen LogP contribution in [0.15, 0.2) is 24.3 Å². The lowest BCUT2D eigenvalue weighted by Crippen LogP contribution is -2.53. The van der Waals surface area contributed by atoms with Crippen LogP contribution in [-0.2, 0) is 9.53 Å². The summed E-state index contributed by atoms with van der Waals surface area (Å²) in [5, 5.41) is 10.5. The maximum absolute atomic E-state index is 13.9. The minimum atomic E-state index is -1.22. The van der Waals surface area contributed by atoms with Crippen LogP contribution in [0.4, 0.5) is 5.69 Å². The van der Waals surface area contributed by atoms with Gasteiger partial charge in [-0.2, -0.15) is 0 Å². The van der Waals surface area contributed by atoms with Crippen molar-refractivity contribution in [2.75, 3.05) is 31.2 Å². The smallest absolute Gasteiger partial charge is 0.348 e. The number of halogens is 2. The zero-order valence-electron chi connectivity index (χ0n) is 20.6. The molecular formula is C26H28Cl2N2O5S. The van der Waals surface area contributed by atoms with E-state index in [4.69, 9.17) is 27.9 Å². The fourth-order valence-electron chi connectivity index (χ4n) is 3.70. The molecule has 1 atom stereocenters. The summed E-state index contributed by atoms with van der Waals surface area (Å²) < 4.78 is 5.36. The molecule has 36 heavy (non-hydrogen) atoms. The van der Waals surface area contributed by atoms with Crippen LogP contribution in [0, 0.1) is 17.3 Å². The van der Waals surface area contributed by atoms with Gasteiger partial charge in [-0.05, 0) is 51.5 Å². The molecule has 192 valence electrons. The average Bonchev–Trinajstić information content (AvgIpc) is 3.24. The van der Waals surface area contributed by atoms with E-state index in [-0.39, 0.29) is 38.9 Å². The van der Waals surface area contributed by atoms with Crippen molar-refractivity contribution < 1.29 is 24.2 Å². The van der Waals surface area contributed by atoms with Crippen molar-refractivity contribution in [2.24, 2.45) is 5.41 Å². The van der Waals surface area contributed by atoms with E-state index in [1.165, 1.54) is 23.1 Å². The second kappa shape index (κ2) is 11.7. The number of rotatable bonds is 6. The number of aromatic carboxylic acids is 1. The molecule has 1 unspecified atom stereocenters. The van der Waals surface area contributed by atoms with Crippen LogP contribution >= 0.6 is 34.5 Å². The Bertz CT molecular complexity index is 1220. The highest BCUT2D eigenvalue weighted by atomic mass is 35.5. The molecule has 0 spiro atoms. The van der Waals surface area contributed by atoms with Crippen molar-refractivity contribution >= 4 is 58.0 Å². The minimum absolute atomic E-state index is 0.0835. The number of carbonyl (C=O) groups is 3. The van der Waals surface area contributed by atoms with Crippen molar-refractivity contribution in [3.05, 3.63) is 49.6 Å². The van der Waals surface area contributed by atoms with Crippen molar-refractivity contribution in [3.63, 3.8) is 0 Å². The standard InChI is InChI=1S/C26H28Cl2N2O5S/c1-5-20(24(32)29-10-12-35-13-11-29)30(23(31)18-7-6-16(27)14-19(18)28)21-15-17(8-9-26(2,3)4)36-22(21)25(33)34/h6-7,14-15,20H,5,10-13H2,1-4H3,(H,33,34). The van der Waals surface area contributed by atoms with Gasteiger partial charge in [-0.3, -0.25) is 14.5 Å². The first-order valence-electron chi connectivity index (χ1n) is 11.5. The zero-order chi connectivity index (χ0) is 26.6. The number of amides is 2. The van der Waals surface area contributed by atoms with Crippen LogP contribution in [0.1, 0.15) is 59.0 Å². The highest BCUT2D eigenvalue weighted by molar-refractivity contribution is 7.15. The van der Waals surface area contributed by atoms with Gasteiger partial charge >= 0.3 is 5.97 Å². The zero-order valence-corrected chi connectivity index (χ0v) is 22.9. The number of morpholine rings is 1. The summed E-state index contributed by atoms with van der Waals surface area (Å²) in [5.41, 5.74) is -0.0904. The summed E-state index contributed by atoms with van der Waals surface area (Å²) in [5.74, 6) is 4.00. The van der Waals surface area contributed by atoms with Crippen molar-refractivity contribution in [1.82, 2.24) is 4.90 Å². The number of ether oxygens (including phenoxy) is 1. The first-order chi connectivity index (χ1) is 16.9. The molecular weight excluding hydrogens is 523 g/mol. The van der Waals surface area contributed by atoms with E-state index in [0.717, 1.165) is 11.3 Å². The molecule has 1 N–H and O–H groups in total. The Kier molecular flexibility index (Phi) is 9.07. The Morgan fingerprint density at radius 3 is 2.42 bits per heavy atom. The number of thiophene rings is 1. The molecule has 0 aliphatic carbocycles. The van der Waals surface area contributed by atoms with Crippen LogP contribution in [-0.4, -0.2) is 60.1 Å². The van der Waals surface area contributed by atoms with Gasteiger partial charge in [0.2, 0.25) is 5.91 Å². The summed E-state index contributed by atoms with van der Waals surface area (Å²) >= 11 is 13.4. The number of nitrogens with zero attached hydrogens (tertiary/aromatic N) is 2. The van der Waals surface area contributed by atoms with E-state index < -0.39 is 17.9 Å². The summed E-state index contributed by atoms with van der Waals surface area (Å²) in [6, 6.07) is 5.03. The van der Waals surface area contributed by atoms with E-state index in [1.54, 1.807) is 17.9 Å². The number of hydrogen-bond acceptors (Lipinski definition) is 5. The number of hydrogen-bond donors (Lipinski definition) is 1.